The van der Waals surface area contributed by atoms with Crippen LogP contribution in [-0.4, -0.2) is 46.2 Å². The van der Waals surface area contributed by atoms with Gasteiger partial charge in [0.25, 0.3) is 5.56 Å². The third-order valence-electron chi connectivity index (χ3n) is 6.83. The van der Waals surface area contributed by atoms with Gasteiger partial charge in [0.15, 0.2) is 0 Å². The molecule has 6 nitrogen and oxygen atoms in total. The molecule has 1 aromatic rings. The number of hydrogen-bond acceptors (Lipinski definition) is 4. The highest BCUT2D eigenvalue weighted by Gasteiger charge is 2.55. The van der Waals surface area contributed by atoms with Crippen molar-refractivity contribution in [1.82, 2.24) is 14.8 Å². The SMILES string of the molecule is CCCNC(=O)[C@@H]1[C@@H](CO)[C@@H]2Cn3c(cccc3=O)[C@@H]2N1CC1CCCC1. The van der Waals surface area contributed by atoms with E-state index in [1.807, 2.05) is 23.6 Å². The quantitative estimate of drug-likeness (QED) is 0.793. The molecule has 0 unspecified atom stereocenters. The minimum atomic E-state index is -0.304. The Bertz CT molecular complexity index is 740. The molecule has 6 heteroatoms. The fourth-order valence-electron chi connectivity index (χ4n) is 5.61. The summed E-state index contributed by atoms with van der Waals surface area (Å²) in [6, 6.07) is 5.19. The van der Waals surface area contributed by atoms with Crippen LogP contribution in [0.3, 0.4) is 0 Å². The highest BCUT2D eigenvalue weighted by Crippen LogP contribution is 2.49. The molecule has 2 fully saturated rings. The van der Waals surface area contributed by atoms with Gasteiger partial charge in [0.1, 0.15) is 0 Å². The van der Waals surface area contributed by atoms with Gasteiger partial charge in [-0.2, -0.15) is 0 Å². The Morgan fingerprint density at radius 3 is 2.78 bits per heavy atom. The second kappa shape index (κ2) is 7.76. The van der Waals surface area contributed by atoms with Crippen molar-refractivity contribution in [3.63, 3.8) is 0 Å². The number of aliphatic hydroxyl groups excluding tert-OH is 1. The molecule has 4 rings (SSSR count). The molecule has 2 N–H and O–H groups in total. The van der Waals surface area contributed by atoms with Gasteiger partial charge in [0.2, 0.25) is 5.91 Å². The number of carbonyl (C=O) groups excluding carboxylic acids is 1. The Hall–Kier alpha value is -1.66. The zero-order valence-electron chi connectivity index (χ0n) is 16.1. The van der Waals surface area contributed by atoms with Crippen molar-refractivity contribution < 1.29 is 9.90 Å². The van der Waals surface area contributed by atoms with Crippen molar-refractivity contribution in [3.8, 4) is 0 Å². The Labute approximate surface area is 160 Å². The zero-order valence-corrected chi connectivity index (χ0v) is 16.1. The Morgan fingerprint density at radius 2 is 2.07 bits per heavy atom. The van der Waals surface area contributed by atoms with Crippen molar-refractivity contribution in [2.24, 2.45) is 17.8 Å². The normalized spacial score (nSPS) is 30.4. The molecule has 0 spiro atoms. The predicted octanol–water partition coefficient (Wildman–Crippen LogP) is 1.53. The number of nitrogens with one attached hydrogen (secondary N) is 1. The van der Waals surface area contributed by atoms with Gasteiger partial charge in [0.05, 0.1) is 12.1 Å². The van der Waals surface area contributed by atoms with E-state index >= 15 is 0 Å². The first-order chi connectivity index (χ1) is 13.2. The molecule has 0 bridgehead atoms. The Balaban J connectivity index is 1.70. The summed E-state index contributed by atoms with van der Waals surface area (Å²) in [7, 11) is 0. The van der Waals surface area contributed by atoms with E-state index in [1.165, 1.54) is 25.7 Å². The molecule has 148 valence electrons. The van der Waals surface area contributed by atoms with Crippen LogP contribution in [0.5, 0.6) is 0 Å². The third-order valence-corrected chi connectivity index (χ3v) is 6.83. The zero-order chi connectivity index (χ0) is 19.0. The molecular formula is C21H31N3O3. The molecule has 3 aliphatic rings. The van der Waals surface area contributed by atoms with Crippen LogP contribution in [0, 0.1) is 17.8 Å². The van der Waals surface area contributed by atoms with E-state index in [-0.39, 0.29) is 42.0 Å². The Kier molecular flexibility index (Phi) is 5.37. The summed E-state index contributed by atoms with van der Waals surface area (Å²) in [5.41, 5.74) is 1.03. The van der Waals surface area contributed by atoms with Gasteiger partial charge in [0, 0.05) is 49.8 Å². The molecule has 0 radical (unpaired) electrons. The van der Waals surface area contributed by atoms with Crippen molar-refractivity contribution >= 4 is 5.91 Å². The fourth-order valence-corrected chi connectivity index (χ4v) is 5.61. The second-order valence-electron chi connectivity index (χ2n) is 8.44. The van der Waals surface area contributed by atoms with E-state index in [4.69, 9.17) is 0 Å². The molecule has 2 aliphatic heterocycles. The minimum Gasteiger partial charge on any atom is -0.396 e. The third kappa shape index (κ3) is 3.23. The number of nitrogens with zero attached hydrogens (tertiary/aromatic N) is 2. The van der Waals surface area contributed by atoms with E-state index in [2.05, 4.69) is 10.2 Å². The second-order valence-corrected chi connectivity index (χ2v) is 8.44. The summed E-state index contributed by atoms with van der Waals surface area (Å²) in [5, 5.41) is 13.2. The molecule has 1 aromatic heterocycles. The van der Waals surface area contributed by atoms with Crippen LogP contribution in [0.15, 0.2) is 23.0 Å². The minimum absolute atomic E-state index is 0.0186. The first-order valence-electron chi connectivity index (χ1n) is 10.5. The lowest BCUT2D eigenvalue weighted by Gasteiger charge is -2.32. The average molecular weight is 373 g/mol. The largest absolute Gasteiger partial charge is 0.396 e. The van der Waals surface area contributed by atoms with Gasteiger partial charge >= 0.3 is 0 Å². The summed E-state index contributed by atoms with van der Waals surface area (Å²) in [6.45, 7) is 4.17. The molecule has 27 heavy (non-hydrogen) atoms. The van der Waals surface area contributed by atoms with Crippen LogP contribution < -0.4 is 10.9 Å². The smallest absolute Gasteiger partial charge is 0.250 e. The highest BCUT2D eigenvalue weighted by molar-refractivity contribution is 5.82. The van der Waals surface area contributed by atoms with E-state index in [0.29, 0.717) is 19.0 Å². The molecular weight excluding hydrogens is 342 g/mol. The number of hydrogen-bond donors (Lipinski definition) is 2. The monoisotopic (exact) mass is 373 g/mol. The molecule has 1 saturated carbocycles. The molecule has 4 atom stereocenters. The highest BCUT2D eigenvalue weighted by atomic mass is 16.3. The maximum absolute atomic E-state index is 13.0. The lowest BCUT2D eigenvalue weighted by molar-refractivity contribution is -0.128. The van der Waals surface area contributed by atoms with Crippen molar-refractivity contribution in [2.45, 2.75) is 57.7 Å². The average Bonchev–Trinajstić information content (AvgIpc) is 3.36. The summed E-state index contributed by atoms with van der Waals surface area (Å²) in [4.78, 5) is 27.7. The number of aliphatic hydroxyl groups is 1. The van der Waals surface area contributed by atoms with E-state index in [1.54, 1.807) is 6.07 Å². The first kappa shape index (κ1) is 18.7. The van der Waals surface area contributed by atoms with E-state index in [0.717, 1.165) is 18.7 Å². The topological polar surface area (TPSA) is 74.6 Å². The van der Waals surface area contributed by atoms with Gasteiger partial charge in [-0.25, -0.2) is 0 Å². The number of amides is 1. The van der Waals surface area contributed by atoms with Crippen LogP contribution in [0.25, 0.3) is 0 Å². The Morgan fingerprint density at radius 1 is 1.30 bits per heavy atom. The maximum atomic E-state index is 13.0. The number of likely N-dealkylation sites (tertiary alicyclic amines) is 1. The number of aromatic nitrogens is 1. The van der Waals surface area contributed by atoms with Crippen LogP contribution in [-0.2, 0) is 11.3 Å². The molecule has 3 heterocycles. The van der Waals surface area contributed by atoms with Crippen LogP contribution in [0.1, 0.15) is 50.8 Å². The van der Waals surface area contributed by atoms with Gasteiger partial charge in [-0.1, -0.05) is 25.8 Å². The van der Waals surface area contributed by atoms with Crippen molar-refractivity contribution in [2.75, 3.05) is 19.7 Å². The van der Waals surface area contributed by atoms with Crippen LogP contribution >= 0.6 is 0 Å². The van der Waals surface area contributed by atoms with E-state index < -0.39 is 0 Å². The van der Waals surface area contributed by atoms with Crippen molar-refractivity contribution in [3.05, 3.63) is 34.2 Å². The summed E-state index contributed by atoms with van der Waals surface area (Å²) >= 11 is 0. The van der Waals surface area contributed by atoms with E-state index in [9.17, 15) is 14.7 Å². The van der Waals surface area contributed by atoms with Gasteiger partial charge < -0.3 is 15.0 Å². The summed E-state index contributed by atoms with van der Waals surface area (Å²) in [5.74, 6) is 0.624. The molecule has 1 aliphatic carbocycles. The molecule has 0 aromatic carbocycles. The number of pyridine rings is 1. The van der Waals surface area contributed by atoms with Crippen LogP contribution in [0.4, 0.5) is 0 Å². The van der Waals surface area contributed by atoms with Crippen molar-refractivity contribution in [1.29, 1.82) is 0 Å². The van der Waals surface area contributed by atoms with Crippen LogP contribution in [0.2, 0.25) is 0 Å². The lowest BCUT2D eigenvalue weighted by Crippen LogP contribution is -2.49. The predicted molar refractivity (Wildman–Crippen MR) is 103 cm³/mol. The molecule has 1 saturated heterocycles. The fraction of sp³-hybridized carbons (Fsp3) is 0.714. The first-order valence-corrected chi connectivity index (χ1v) is 10.5. The number of fused-ring (bicyclic) bond motifs is 3. The van der Waals surface area contributed by atoms with Gasteiger partial charge in [-0.05, 0) is 31.2 Å². The lowest BCUT2D eigenvalue weighted by atomic mass is 9.88. The number of rotatable bonds is 6. The summed E-state index contributed by atoms with van der Waals surface area (Å²) in [6.07, 6.45) is 5.85. The van der Waals surface area contributed by atoms with Gasteiger partial charge in [-0.15, -0.1) is 0 Å². The summed E-state index contributed by atoms with van der Waals surface area (Å²) < 4.78 is 1.85. The number of carbonyl (C=O) groups is 1. The maximum Gasteiger partial charge on any atom is 0.250 e. The standard InChI is InChI=1S/C21H31N3O3/c1-2-10-22-21(27)20-16(13-25)15-12-23-17(8-5-9-18(23)26)19(15)24(20)11-14-6-3-4-7-14/h5,8-9,14-16,19-20,25H,2-4,6-7,10-13H2,1H3,(H,22,27)/t15-,16-,19+,20-/m0/s1. The molecule has 1 amide bonds. The van der Waals surface area contributed by atoms with Gasteiger partial charge in [-0.3, -0.25) is 14.5 Å².